The molecule has 18 heavy (non-hydrogen) atoms. The van der Waals surface area contributed by atoms with E-state index in [1.807, 2.05) is 0 Å². The number of guanidine groups is 2. The van der Waals surface area contributed by atoms with E-state index in [-0.39, 0.29) is 0 Å². The van der Waals surface area contributed by atoms with Crippen molar-refractivity contribution in [2.45, 2.75) is 0 Å². The topological polar surface area (TPSA) is 210 Å². The average molecular weight is 266 g/mol. The zero-order chi connectivity index (χ0) is 14.3. The second-order valence-corrected chi connectivity index (χ2v) is 2.47. The van der Waals surface area contributed by atoms with Gasteiger partial charge in [-0.1, -0.05) is 0 Å². The summed E-state index contributed by atoms with van der Waals surface area (Å²) in [4.78, 5) is 20.1. The summed E-state index contributed by atoms with van der Waals surface area (Å²) in [6, 6.07) is 0. The Morgan fingerprint density at radius 2 is 1.28 bits per heavy atom. The monoisotopic (exact) mass is 266 g/mol. The number of hydrogen-bond acceptors (Lipinski definition) is 6. The summed E-state index contributed by atoms with van der Waals surface area (Å²) < 4.78 is 0. The van der Waals surface area contributed by atoms with Crippen molar-refractivity contribution in [2.24, 2.45) is 21.7 Å². The molecule has 0 aliphatic rings. The summed E-state index contributed by atoms with van der Waals surface area (Å²) in [5.74, 6) is -1.73. The van der Waals surface area contributed by atoms with Gasteiger partial charge in [-0.3, -0.25) is 0 Å². The van der Waals surface area contributed by atoms with Crippen molar-refractivity contribution in [3.63, 3.8) is 0 Å². The first kappa shape index (κ1) is 15.3. The van der Waals surface area contributed by atoms with Crippen LogP contribution in [0.4, 0.5) is 0 Å². The SMILES string of the molecule is N/C(=N\[N+](=O)[O-])N(CO)N(CO)/C(N)=N/[N+](=O)[O-]. The van der Waals surface area contributed by atoms with Gasteiger partial charge in [0.2, 0.25) is 0 Å². The van der Waals surface area contributed by atoms with E-state index in [2.05, 4.69) is 10.2 Å². The Balaban J connectivity index is 5.23. The van der Waals surface area contributed by atoms with Crippen LogP contribution in [0.1, 0.15) is 0 Å². The van der Waals surface area contributed by atoms with Crippen molar-refractivity contribution < 1.29 is 20.3 Å². The van der Waals surface area contributed by atoms with Crippen LogP contribution in [0.2, 0.25) is 0 Å². The molecule has 0 aliphatic heterocycles. The summed E-state index contributed by atoms with van der Waals surface area (Å²) in [6.45, 7) is -1.98. The van der Waals surface area contributed by atoms with E-state index in [1.54, 1.807) is 0 Å². The van der Waals surface area contributed by atoms with E-state index in [4.69, 9.17) is 21.7 Å². The van der Waals surface area contributed by atoms with Crippen LogP contribution in [0.5, 0.6) is 0 Å². The van der Waals surface area contributed by atoms with Gasteiger partial charge in [0.15, 0.2) is 10.1 Å². The summed E-state index contributed by atoms with van der Waals surface area (Å²) in [5, 5.41) is 41.7. The summed E-state index contributed by atoms with van der Waals surface area (Å²) in [5.41, 5.74) is 10.2. The highest BCUT2D eigenvalue weighted by atomic mass is 16.7. The van der Waals surface area contributed by atoms with Crippen molar-refractivity contribution in [3.05, 3.63) is 20.2 Å². The molecule has 0 aromatic rings. The van der Waals surface area contributed by atoms with Crippen LogP contribution in [0.25, 0.3) is 0 Å². The molecule has 0 fully saturated rings. The van der Waals surface area contributed by atoms with Crippen LogP contribution < -0.4 is 11.5 Å². The van der Waals surface area contributed by atoms with Crippen LogP contribution in [0.3, 0.4) is 0 Å². The molecule has 0 bridgehead atoms. The second-order valence-electron chi connectivity index (χ2n) is 2.47. The third-order valence-electron chi connectivity index (χ3n) is 1.46. The van der Waals surface area contributed by atoms with Gasteiger partial charge in [-0.25, -0.2) is 30.2 Å². The van der Waals surface area contributed by atoms with Crippen molar-refractivity contribution in [3.8, 4) is 0 Å². The minimum absolute atomic E-state index is 0.408. The van der Waals surface area contributed by atoms with E-state index in [0.29, 0.717) is 10.0 Å². The van der Waals surface area contributed by atoms with E-state index < -0.39 is 35.4 Å². The molecule has 0 heterocycles. The van der Waals surface area contributed by atoms with Crippen LogP contribution in [0.15, 0.2) is 10.2 Å². The number of nitrogens with zero attached hydrogens (tertiary/aromatic N) is 6. The summed E-state index contributed by atoms with van der Waals surface area (Å²) >= 11 is 0. The quantitative estimate of drug-likeness (QED) is 0.129. The molecule has 6 N–H and O–H groups in total. The van der Waals surface area contributed by atoms with Crippen molar-refractivity contribution >= 4 is 11.9 Å². The third-order valence-corrected chi connectivity index (χ3v) is 1.46. The number of hydrazone groups is 2. The van der Waals surface area contributed by atoms with Gasteiger partial charge >= 0.3 is 0 Å². The average Bonchev–Trinajstić information content (AvgIpc) is 2.22. The van der Waals surface area contributed by atoms with Crippen molar-refractivity contribution in [1.29, 1.82) is 0 Å². The molecule has 0 radical (unpaired) electrons. The normalized spacial score (nSPS) is 12.1. The van der Waals surface area contributed by atoms with Gasteiger partial charge in [-0.05, 0) is 0 Å². The minimum Gasteiger partial charge on any atom is -0.374 e. The molecule has 0 amide bonds. The molecular weight excluding hydrogens is 256 g/mol. The molecule has 0 saturated carbocycles. The number of aliphatic hydroxyl groups is 2. The minimum atomic E-state index is -1.17. The standard InChI is InChI=1S/C4H10N8O6/c5-3(7-11(15)16)9(1-13)10(2-14)4(6)8-12(17)18/h13-14H,1-2H2,(H2,5,7)(H2,6,8). The van der Waals surface area contributed by atoms with Crippen LogP contribution in [0, 0.1) is 20.2 Å². The number of rotatable bonds is 4. The smallest absolute Gasteiger partial charge is 0.289 e. The van der Waals surface area contributed by atoms with Crippen LogP contribution >= 0.6 is 0 Å². The Morgan fingerprint density at radius 3 is 1.44 bits per heavy atom. The first-order valence-corrected chi connectivity index (χ1v) is 4.07. The van der Waals surface area contributed by atoms with Gasteiger partial charge in [-0.15, -0.1) is 0 Å². The maximum atomic E-state index is 10.1. The van der Waals surface area contributed by atoms with Crippen LogP contribution in [-0.4, -0.2) is 55.7 Å². The first-order valence-electron chi connectivity index (χ1n) is 4.07. The third kappa shape index (κ3) is 4.41. The van der Waals surface area contributed by atoms with Gasteiger partial charge < -0.3 is 21.7 Å². The zero-order valence-electron chi connectivity index (χ0n) is 8.78. The van der Waals surface area contributed by atoms with E-state index in [9.17, 15) is 20.2 Å². The maximum Gasteiger partial charge on any atom is 0.289 e. The molecule has 102 valence electrons. The first-order chi connectivity index (χ1) is 8.33. The van der Waals surface area contributed by atoms with Gasteiger partial charge in [0.25, 0.3) is 11.9 Å². The Hall–Kier alpha value is -2.74. The molecule has 0 atom stereocenters. The highest BCUT2D eigenvalue weighted by molar-refractivity contribution is 5.83. The largest absolute Gasteiger partial charge is 0.374 e. The molecule has 0 rings (SSSR count). The lowest BCUT2D eigenvalue weighted by atomic mass is 10.8. The fourth-order valence-corrected chi connectivity index (χ4v) is 0.815. The molecule has 0 spiro atoms. The van der Waals surface area contributed by atoms with Gasteiger partial charge in [0, 0.05) is 0 Å². The number of hydrogen-bond donors (Lipinski definition) is 4. The fourth-order valence-electron chi connectivity index (χ4n) is 0.815. The molecule has 0 saturated heterocycles. The van der Waals surface area contributed by atoms with Gasteiger partial charge in [0.05, 0.1) is 0 Å². The molecule has 14 heteroatoms. The van der Waals surface area contributed by atoms with E-state index in [0.717, 1.165) is 0 Å². The zero-order valence-corrected chi connectivity index (χ0v) is 8.78. The van der Waals surface area contributed by atoms with E-state index in [1.165, 1.54) is 0 Å². The molecular formula is C4H10N8O6. The predicted molar refractivity (Wildman–Crippen MR) is 55.1 cm³/mol. The molecule has 0 aromatic carbocycles. The van der Waals surface area contributed by atoms with Gasteiger partial charge in [0.1, 0.15) is 23.7 Å². The number of nitrogens with two attached hydrogens (primary N) is 2. The Kier molecular flexibility index (Phi) is 5.73. The molecule has 0 aliphatic carbocycles. The number of aliphatic hydroxyl groups excluding tert-OH is 2. The Morgan fingerprint density at radius 1 is 1.00 bits per heavy atom. The Bertz CT molecular complexity index is 344. The lowest BCUT2D eigenvalue weighted by Crippen LogP contribution is -2.56. The fraction of sp³-hybridized carbons (Fsp3) is 0.500. The Labute approximate surface area is 98.6 Å². The summed E-state index contributed by atoms with van der Waals surface area (Å²) in [7, 11) is 0. The van der Waals surface area contributed by atoms with Crippen molar-refractivity contribution in [2.75, 3.05) is 13.5 Å². The highest BCUT2D eigenvalue weighted by Crippen LogP contribution is 1.96. The maximum absolute atomic E-state index is 10.1. The second kappa shape index (κ2) is 6.76. The predicted octanol–water partition coefficient (Wildman–Crippen LogP) is -3.58. The molecule has 0 aromatic heterocycles. The van der Waals surface area contributed by atoms with Crippen LogP contribution in [-0.2, 0) is 0 Å². The molecule has 0 unspecified atom stereocenters. The van der Waals surface area contributed by atoms with Gasteiger partial charge in [-0.2, -0.15) is 0 Å². The molecule has 14 nitrogen and oxygen atoms in total. The highest BCUT2D eigenvalue weighted by Gasteiger charge is 2.23. The lowest BCUT2D eigenvalue weighted by Gasteiger charge is -2.30. The lowest BCUT2D eigenvalue weighted by molar-refractivity contribution is -0.487. The number of nitro groups is 2. The van der Waals surface area contributed by atoms with Crippen molar-refractivity contribution in [1.82, 2.24) is 10.0 Å². The van der Waals surface area contributed by atoms with E-state index >= 15 is 0 Å². The summed E-state index contributed by atoms with van der Waals surface area (Å²) in [6.07, 6.45) is 0. The number of hydrazine groups is 1.